The van der Waals surface area contributed by atoms with Crippen LogP contribution in [0.15, 0.2) is 0 Å². The molecule has 0 N–H and O–H groups in total. The van der Waals surface area contributed by atoms with E-state index in [1.165, 1.54) is 0 Å². The van der Waals surface area contributed by atoms with E-state index >= 15 is 0 Å². The maximum atomic E-state index is 13.5. The standard InChI is InChI=1S/C27H43F3O4/c1-22(2,3)14-19(23(4,5)6)20(31)34-26-12-17-9-18(13-26)11-25(10-17,15-26)16-33-21(32)24(7,8)27(28,29)30/h17-19H,9-16H2,1-8H3. The van der Waals surface area contributed by atoms with Crippen molar-refractivity contribution in [2.75, 3.05) is 6.61 Å². The zero-order valence-electron chi connectivity index (χ0n) is 22.2. The second-order valence-electron chi connectivity index (χ2n) is 14.4. The van der Waals surface area contributed by atoms with Crippen molar-refractivity contribution in [2.45, 2.75) is 112 Å². The van der Waals surface area contributed by atoms with Gasteiger partial charge >= 0.3 is 18.1 Å². The quantitative estimate of drug-likeness (QED) is 0.374. The minimum Gasteiger partial charge on any atom is -0.464 e. The van der Waals surface area contributed by atoms with E-state index in [2.05, 4.69) is 41.5 Å². The summed E-state index contributed by atoms with van der Waals surface area (Å²) in [4.78, 5) is 25.9. The van der Waals surface area contributed by atoms with Crippen molar-refractivity contribution in [1.29, 1.82) is 0 Å². The lowest BCUT2D eigenvalue weighted by atomic mass is 9.48. The second-order valence-corrected chi connectivity index (χ2v) is 14.4. The van der Waals surface area contributed by atoms with Gasteiger partial charge in [-0.15, -0.1) is 0 Å². The number of ether oxygens (including phenoxy) is 2. The first-order valence-electron chi connectivity index (χ1n) is 12.6. The monoisotopic (exact) mass is 488 g/mol. The fraction of sp³-hybridized carbons (Fsp3) is 0.926. The lowest BCUT2D eigenvalue weighted by Gasteiger charge is -2.61. The second kappa shape index (κ2) is 8.40. The third-order valence-electron chi connectivity index (χ3n) is 8.32. The van der Waals surface area contributed by atoms with Crippen molar-refractivity contribution in [3.63, 3.8) is 0 Å². The summed E-state index contributed by atoms with van der Waals surface area (Å²) in [6.45, 7) is 14.2. The summed E-state index contributed by atoms with van der Waals surface area (Å²) in [5.41, 5.74) is -3.84. The Hall–Kier alpha value is -1.27. The molecule has 34 heavy (non-hydrogen) atoms. The van der Waals surface area contributed by atoms with Gasteiger partial charge in [0, 0.05) is 5.41 Å². The molecule has 4 fully saturated rings. The third-order valence-corrected chi connectivity index (χ3v) is 8.32. The Balaban J connectivity index is 1.77. The van der Waals surface area contributed by atoms with Crippen molar-refractivity contribution in [1.82, 2.24) is 0 Å². The summed E-state index contributed by atoms with van der Waals surface area (Å²) in [7, 11) is 0. The summed E-state index contributed by atoms with van der Waals surface area (Å²) in [6, 6.07) is 0. The maximum absolute atomic E-state index is 13.5. The van der Waals surface area contributed by atoms with E-state index in [-0.39, 0.29) is 29.3 Å². The van der Waals surface area contributed by atoms with Gasteiger partial charge in [0.05, 0.1) is 12.5 Å². The normalized spacial score (nSPS) is 32.4. The molecule has 4 saturated carbocycles. The molecule has 3 unspecified atom stereocenters. The summed E-state index contributed by atoms with van der Waals surface area (Å²) < 4.78 is 51.6. The van der Waals surface area contributed by atoms with E-state index in [1.54, 1.807) is 0 Å². The van der Waals surface area contributed by atoms with Crippen LogP contribution in [-0.4, -0.2) is 30.3 Å². The van der Waals surface area contributed by atoms with Crippen molar-refractivity contribution in [3.05, 3.63) is 0 Å². The molecule has 0 aromatic heterocycles. The fourth-order valence-corrected chi connectivity index (χ4v) is 6.81. The van der Waals surface area contributed by atoms with Crippen LogP contribution >= 0.6 is 0 Å². The van der Waals surface area contributed by atoms with Crippen LogP contribution in [0, 0.1) is 39.4 Å². The minimum atomic E-state index is -4.67. The highest BCUT2D eigenvalue weighted by molar-refractivity contribution is 5.77. The molecule has 4 rings (SSSR count). The van der Waals surface area contributed by atoms with Crippen molar-refractivity contribution < 1.29 is 32.2 Å². The predicted molar refractivity (Wildman–Crippen MR) is 124 cm³/mol. The molecule has 4 nitrogen and oxygen atoms in total. The smallest absolute Gasteiger partial charge is 0.404 e. The van der Waals surface area contributed by atoms with Crippen LogP contribution in [0.25, 0.3) is 0 Å². The van der Waals surface area contributed by atoms with Gasteiger partial charge in [0.15, 0.2) is 5.41 Å². The molecule has 4 aliphatic carbocycles. The van der Waals surface area contributed by atoms with Crippen LogP contribution < -0.4 is 0 Å². The number of rotatable bonds is 6. The van der Waals surface area contributed by atoms with Gasteiger partial charge in [-0.3, -0.25) is 9.59 Å². The van der Waals surface area contributed by atoms with Crippen LogP contribution in [0.3, 0.4) is 0 Å². The predicted octanol–water partition coefficient (Wildman–Crippen LogP) is 7.10. The van der Waals surface area contributed by atoms with Crippen LogP contribution in [0.1, 0.15) is 100 Å². The third kappa shape index (κ3) is 5.59. The van der Waals surface area contributed by atoms with Crippen molar-refractivity contribution >= 4 is 11.9 Å². The number of halogens is 3. The Morgan fingerprint density at radius 3 is 1.88 bits per heavy atom. The molecular weight excluding hydrogens is 445 g/mol. The zero-order chi connectivity index (χ0) is 26.0. The van der Waals surface area contributed by atoms with Crippen LogP contribution in [-0.2, 0) is 19.1 Å². The minimum absolute atomic E-state index is 0.0286. The maximum Gasteiger partial charge on any atom is 0.404 e. The molecule has 0 saturated heterocycles. The van der Waals surface area contributed by atoms with Gasteiger partial charge in [0.1, 0.15) is 5.60 Å². The first-order chi connectivity index (χ1) is 15.2. The summed E-state index contributed by atoms with van der Waals surface area (Å²) >= 11 is 0. The van der Waals surface area contributed by atoms with E-state index in [4.69, 9.17) is 9.47 Å². The molecule has 4 bridgehead atoms. The van der Waals surface area contributed by atoms with E-state index in [0.717, 1.165) is 46.0 Å². The summed E-state index contributed by atoms with van der Waals surface area (Å²) in [5.74, 6) is -0.963. The number of hydrogen-bond donors (Lipinski definition) is 0. The Bertz CT molecular complexity index is 786. The molecule has 4 aliphatic rings. The first-order valence-corrected chi connectivity index (χ1v) is 12.6. The fourth-order valence-electron chi connectivity index (χ4n) is 6.81. The number of hydrogen-bond acceptors (Lipinski definition) is 4. The molecule has 0 radical (unpaired) electrons. The van der Waals surface area contributed by atoms with Gasteiger partial charge in [-0.1, -0.05) is 41.5 Å². The van der Waals surface area contributed by atoms with Gasteiger partial charge in [-0.05, 0) is 81.5 Å². The Labute approximate surface area is 202 Å². The highest BCUT2D eigenvalue weighted by Crippen LogP contribution is 2.63. The van der Waals surface area contributed by atoms with Crippen LogP contribution in [0.2, 0.25) is 0 Å². The lowest BCUT2D eigenvalue weighted by Crippen LogP contribution is -2.59. The molecule has 0 aromatic carbocycles. The van der Waals surface area contributed by atoms with E-state index in [0.29, 0.717) is 24.7 Å². The summed E-state index contributed by atoms with van der Waals surface area (Å²) in [6.07, 6.45) is 0.876. The average molecular weight is 489 g/mol. The molecule has 0 aliphatic heterocycles. The molecule has 0 aromatic rings. The topological polar surface area (TPSA) is 52.6 Å². The van der Waals surface area contributed by atoms with E-state index in [1.807, 2.05) is 0 Å². The van der Waals surface area contributed by atoms with Crippen LogP contribution in [0.5, 0.6) is 0 Å². The SMILES string of the molecule is CC(C)(C)CC(C(=O)OC12CC3CC(CC(COC(=O)C(C)(C)C(F)(F)F)(C3)C1)C2)C(C)(C)C. The highest BCUT2D eigenvalue weighted by Gasteiger charge is 2.61. The first kappa shape index (κ1) is 27.3. The average Bonchev–Trinajstić information content (AvgIpc) is 2.60. The van der Waals surface area contributed by atoms with Gasteiger partial charge in [0.2, 0.25) is 0 Å². The van der Waals surface area contributed by atoms with Gasteiger partial charge in [-0.25, -0.2) is 0 Å². The largest absolute Gasteiger partial charge is 0.464 e. The zero-order valence-corrected chi connectivity index (χ0v) is 22.2. The van der Waals surface area contributed by atoms with Gasteiger partial charge in [0.25, 0.3) is 0 Å². The van der Waals surface area contributed by atoms with Crippen molar-refractivity contribution in [3.8, 4) is 0 Å². The molecule has 196 valence electrons. The molecule has 3 atom stereocenters. The Kier molecular flexibility index (Phi) is 6.75. The Morgan fingerprint density at radius 1 is 0.912 bits per heavy atom. The number of esters is 2. The number of carbonyl (C=O) groups excluding carboxylic acids is 2. The number of carbonyl (C=O) groups is 2. The molecule has 0 heterocycles. The van der Waals surface area contributed by atoms with Gasteiger partial charge < -0.3 is 9.47 Å². The lowest BCUT2D eigenvalue weighted by molar-refractivity contribution is -0.235. The highest BCUT2D eigenvalue weighted by atomic mass is 19.4. The van der Waals surface area contributed by atoms with E-state index in [9.17, 15) is 22.8 Å². The molecule has 0 amide bonds. The number of alkyl halides is 3. The molecule has 7 heteroatoms. The Morgan fingerprint density at radius 2 is 1.44 bits per heavy atom. The molecule has 0 spiro atoms. The molecular formula is C27H43F3O4. The van der Waals surface area contributed by atoms with Crippen molar-refractivity contribution in [2.24, 2.45) is 39.4 Å². The van der Waals surface area contributed by atoms with Crippen LogP contribution in [0.4, 0.5) is 13.2 Å². The van der Waals surface area contributed by atoms with E-state index < -0.39 is 28.6 Å². The van der Waals surface area contributed by atoms with Gasteiger partial charge in [-0.2, -0.15) is 13.2 Å². The summed E-state index contributed by atoms with van der Waals surface area (Å²) in [5, 5.41) is 0.